The Bertz CT molecular complexity index is 833. The van der Waals surface area contributed by atoms with Crippen LogP contribution in [-0.2, 0) is 11.3 Å². The van der Waals surface area contributed by atoms with Crippen molar-refractivity contribution < 1.29 is 9.53 Å². The van der Waals surface area contributed by atoms with Crippen molar-refractivity contribution in [3.05, 3.63) is 59.1 Å². The summed E-state index contributed by atoms with van der Waals surface area (Å²) in [7, 11) is 0. The Balaban J connectivity index is 1.31. The number of likely N-dealkylation sites (tertiary alicyclic amines) is 1. The van der Waals surface area contributed by atoms with Gasteiger partial charge in [0.2, 0.25) is 6.41 Å². The Morgan fingerprint density at radius 2 is 1.77 bits per heavy atom. The molecule has 0 spiro atoms. The summed E-state index contributed by atoms with van der Waals surface area (Å²) in [5.74, 6) is 1.47. The summed E-state index contributed by atoms with van der Waals surface area (Å²) in [4.78, 5) is 16.3. The normalized spacial score (nSPS) is 18.8. The number of para-hydroxylation sites is 1. The summed E-state index contributed by atoms with van der Waals surface area (Å²) in [5.41, 5.74) is 1.23. The van der Waals surface area contributed by atoms with Crippen LogP contribution >= 0.6 is 11.6 Å². The van der Waals surface area contributed by atoms with Gasteiger partial charge in [-0.3, -0.25) is 9.69 Å². The third-order valence-corrected chi connectivity index (χ3v) is 6.51. The number of halogens is 1. The topological polar surface area (TPSA) is 44.8 Å². The lowest BCUT2D eigenvalue weighted by Crippen LogP contribution is -2.51. The molecule has 2 saturated heterocycles. The van der Waals surface area contributed by atoms with Crippen molar-refractivity contribution in [2.75, 3.05) is 26.2 Å². The van der Waals surface area contributed by atoms with Gasteiger partial charge < -0.3 is 15.0 Å². The summed E-state index contributed by atoms with van der Waals surface area (Å²) in [5, 5.41) is 4.00. The molecule has 0 aromatic heterocycles. The highest BCUT2D eigenvalue weighted by Crippen LogP contribution is 2.29. The molecule has 6 heteroatoms. The zero-order chi connectivity index (χ0) is 20.8. The van der Waals surface area contributed by atoms with Crippen LogP contribution in [0.5, 0.6) is 11.5 Å². The van der Waals surface area contributed by atoms with E-state index >= 15 is 0 Å². The average molecular weight is 428 g/mol. The highest BCUT2D eigenvalue weighted by molar-refractivity contribution is 6.32. The molecule has 0 aliphatic carbocycles. The monoisotopic (exact) mass is 427 g/mol. The fourth-order valence-electron chi connectivity index (χ4n) is 4.57. The molecule has 0 saturated carbocycles. The van der Waals surface area contributed by atoms with Crippen LogP contribution in [-0.4, -0.2) is 54.5 Å². The van der Waals surface area contributed by atoms with Gasteiger partial charge in [-0.05, 0) is 68.6 Å². The van der Waals surface area contributed by atoms with E-state index in [1.54, 1.807) is 0 Å². The number of piperidine rings is 2. The molecule has 2 aromatic carbocycles. The lowest BCUT2D eigenvalue weighted by atomic mass is 9.97. The Labute approximate surface area is 184 Å². The quantitative estimate of drug-likeness (QED) is 0.669. The molecule has 2 heterocycles. The molecule has 2 fully saturated rings. The van der Waals surface area contributed by atoms with Gasteiger partial charge in [-0.1, -0.05) is 35.9 Å². The van der Waals surface area contributed by atoms with Crippen LogP contribution in [0.15, 0.2) is 48.5 Å². The first-order chi connectivity index (χ1) is 14.7. The molecule has 160 valence electrons. The first kappa shape index (κ1) is 21.2. The molecular weight excluding hydrogens is 398 g/mol. The zero-order valence-corrected chi connectivity index (χ0v) is 18.1. The van der Waals surface area contributed by atoms with Crippen LogP contribution in [0.1, 0.15) is 31.2 Å². The maximum Gasteiger partial charge on any atom is 0.210 e. The van der Waals surface area contributed by atoms with Crippen molar-refractivity contribution in [3.8, 4) is 11.5 Å². The summed E-state index contributed by atoms with van der Waals surface area (Å²) < 4.78 is 5.97. The second kappa shape index (κ2) is 10.3. The maximum absolute atomic E-state index is 11.8. The van der Waals surface area contributed by atoms with Gasteiger partial charge in [0.1, 0.15) is 11.5 Å². The molecule has 1 amide bonds. The number of carbonyl (C=O) groups is 1. The SMILES string of the molecule is O=CN(C1CCNCC1)C1CCN(Cc2cccc(Oc3ccccc3Cl)c2)CC1. The standard InChI is InChI=1S/C24H30ClN3O2/c25-23-6-1-2-7-24(23)30-22-5-3-4-19(16-22)17-27-14-10-21(11-15-27)28(18-29)20-8-12-26-13-9-20/h1-7,16,18,20-21,26H,8-15,17H2. The molecule has 0 radical (unpaired) electrons. The predicted molar refractivity (Wildman–Crippen MR) is 120 cm³/mol. The van der Waals surface area contributed by atoms with Crippen molar-refractivity contribution in [1.29, 1.82) is 0 Å². The number of hydrogen-bond donors (Lipinski definition) is 1. The lowest BCUT2D eigenvalue weighted by molar-refractivity contribution is -0.124. The molecule has 1 N–H and O–H groups in total. The minimum atomic E-state index is 0.372. The molecule has 5 nitrogen and oxygen atoms in total. The molecule has 0 unspecified atom stereocenters. The second-order valence-electron chi connectivity index (χ2n) is 8.22. The van der Waals surface area contributed by atoms with Crippen molar-refractivity contribution in [1.82, 2.24) is 15.1 Å². The fourth-order valence-corrected chi connectivity index (χ4v) is 4.75. The first-order valence-electron chi connectivity index (χ1n) is 10.9. The average Bonchev–Trinajstić information content (AvgIpc) is 2.78. The summed E-state index contributed by atoms with van der Waals surface area (Å²) in [6.07, 6.45) is 5.30. The summed E-state index contributed by atoms with van der Waals surface area (Å²) >= 11 is 6.21. The number of rotatable bonds is 7. The van der Waals surface area contributed by atoms with Gasteiger partial charge in [-0.2, -0.15) is 0 Å². The zero-order valence-electron chi connectivity index (χ0n) is 17.3. The van der Waals surface area contributed by atoms with Crippen LogP contribution < -0.4 is 10.1 Å². The van der Waals surface area contributed by atoms with Crippen LogP contribution in [0.4, 0.5) is 0 Å². The number of hydrogen-bond acceptors (Lipinski definition) is 4. The molecular formula is C24H30ClN3O2. The van der Waals surface area contributed by atoms with E-state index in [9.17, 15) is 4.79 Å². The summed E-state index contributed by atoms with van der Waals surface area (Å²) in [6.45, 7) is 4.94. The Hall–Kier alpha value is -2.08. The van der Waals surface area contributed by atoms with Crippen molar-refractivity contribution in [3.63, 3.8) is 0 Å². The van der Waals surface area contributed by atoms with E-state index in [0.717, 1.165) is 70.6 Å². The van der Waals surface area contributed by atoms with E-state index in [1.807, 2.05) is 36.4 Å². The minimum Gasteiger partial charge on any atom is -0.456 e. The lowest BCUT2D eigenvalue weighted by Gasteiger charge is -2.41. The maximum atomic E-state index is 11.8. The van der Waals surface area contributed by atoms with Crippen LogP contribution in [0, 0.1) is 0 Å². The van der Waals surface area contributed by atoms with Gasteiger partial charge in [-0.25, -0.2) is 0 Å². The summed E-state index contributed by atoms with van der Waals surface area (Å²) in [6, 6.07) is 16.5. The van der Waals surface area contributed by atoms with Crippen molar-refractivity contribution >= 4 is 18.0 Å². The van der Waals surface area contributed by atoms with Crippen LogP contribution in [0.2, 0.25) is 5.02 Å². The number of amides is 1. The number of nitrogens with one attached hydrogen (secondary N) is 1. The van der Waals surface area contributed by atoms with Crippen LogP contribution in [0.3, 0.4) is 0 Å². The van der Waals surface area contributed by atoms with E-state index in [-0.39, 0.29) is 0 Å². The van der Waals surface area contributed by atoms with Crippen molar-refractivity contribution in [2.45, 2.75) is 44.3 Å². The van der Waals surface area contributed by atoms with E-state index in [2.05, 4.69) is 27.2 Å². The predicted octanol–water partition coefficient (Wildman–Crippen LogP) is 4.31. The minimum absolute atomic E-state index is 0.372. The Morgan fingerprint density at radius 1 is 1.03 bits per heavy atom. The molecule has 2 aromatic rings. The third-order valence-electron chi connectivity index (χ3n) is 6.20. The third kappa shape index (κ3) is 5.34. The molecule has 0 bridgehead atoms. The van der Waals surface area contributed by atoms with Crippen LogP contribution in [0.25, 0.3) is 0 Å². The van der Waals surface area contributed by atoms with Gasteiger partial charge in [0.25, 0.3) is 0 Å². The molecule has 4 rings (SSSR count). The molecule has 0 atom stereocenters. The van der Waals surface area contributed by atoms with E-state index in [0.29, 0.717) is 22.9 Å². The first-order valence-corrected chi connectivity index (χ1v) is 11.3. The highest BCUT2D eigenvalue weighted by atomic mass is 35.5. The van der Waals surface area contributed by atoms with E-state index in [4.69, 9.17) is 16.3 Å². The molecule has 2 aliphatic rings. The largest absolute Gasteiger partial charge is 0.456 e. The molecule has 2 aliphatic heterocycles. The number of nitrogens with zero attached hydrogens (tertiary/aromatic N) is 2. The van der Waals surface area contributed by atoms with E-state index in [1.165, 1.54) is 5.56 Å². The molecule has 30 heavy (non-hydrogen) atoms. The number of ether oxygens (including phenoxy) is 1. The highest BCUT2D eigenvalue weighted by Gasteiger charge is 2.29. The van der Waals surface area contributed by atoms with Gasteiger partial charge >= 0.3 is 0 Å². The number of benzene rings is 2. The van der Waals surface area contributed by atoms with Gasteiger partial charge in [0.15, 0.2) is 0 Å². The van der Waals surface area contributed by atoms with Crippen molar-refractivity contribution in [2.24, 2.45) is 0 Å². The smallest absolute Gasteiger partial charge is 0.210 e. The Morgan fingerprint density at radius 3 is 2.50 bits per heavy atom. The Kier molecular flexibility index (Phi) is 7.26. The van der Waals surface area contributed by atoms with Gasteiger partial charge in [0.05, 0.1) is 5.02 Å². The second-order valence-corrected chi connectivity index (χ2v) is 8.63. The van der Waals surface area contributed by atoms with Gasteiger partial charge in [-0.15, -0.1) is 0 Å². The van der Waals surface area contributed by atoms with Gasteiger partial charge in [0, 0.05) is 31.7 Å². The number of carbonyl (C=O) groups excluding carboxylic acids is 1. The fraction of sp³-hybridized carbons (Fsp3) is 0.458. The van der Waals surface area contributed by atoms with E-state index < -0.39 is 0 Å².